The first-order valence-electron chi connectivity index (χ1n) is 10.4. The molecule has 0 aromatic heterocycles. The number of likely N-dealkylation sites (N-methyl/N-ethyl adjacent to an activating group) is 1. The highest BCUT2D eigenvalue weighted by Gasteiger charge is 2.29. The van der Waals surface area contributed by atoms with Gasteiger partial charge in [0.1, 0.15) is 12.6 Å². The first-order valence-corrected chi connectivity index (χ1v) is 12.7. The van der Waals surface area contributed by atoms with Crippen molar-refractivity contribution in [1.29, 1.82) is 0 Å². The number of hydrogen-bond donors (Lipinski definition) is 1. The van der Waals surface area contributed by atoms with Crippen LogP contribution < -0.4 is 9.62 Å². The van der Waals surface area contributed by atoms with E-state index in [1.165, 1.54) is 4.90 Å². The van der Waals surface area contributed by atoms with Gasteiger partial charge in [0.25, 0.3) is 0 Å². The van der Waals surface area contributed by atoms with Gasteiger partial charge in [-0.2, -0.15) is 0 Å². The van der Waals surface area contributed by atoms with Crippen LogP contribution in [0.15, 0.2) is 48.5 Å². The van der Waals surface area contributed by atoms with Gasteiger partial charge < -0.3 is 10.2 Å². The molecule has 9 heteroatoms. The first kappa shape index (κ1) is 25.7. The fourth-order valence-electron chi connectivity index (χ4n) is 3.25. The first-order chi connectivity index (χ1) is 15.1. The minimum Gasteiger partial charge on any atom is -0.355 e. The maximum atomic E-state index is 13.3. The van der Waals surface area contributed by atoms with Crippen molar-refractivity contribution >= 4 is 39.1 Å². The molecule has 2 aromatic rings. The summed E-state index contributed by atoms with van der Waals surface area (Å²) in [7, 11) is -3.74. The van der Waals surface area contributed by atoms with Crippen LogP contribution in [0.1, 0.15) is 31.9 Å². The molecular weight excluding hydrogens is 450 g/mol. The highest BCUT2D eigenvalue weighted by molar-refractivity contribution is 7.92. The van der Waals surface area contributed by atoms with Crippen molar-refractivity contribution in [2.45, 2.75) is 39.8 Å². The highest BCUT2D eigenvalue weighted by atomic mass is 35.5. The predicted octanol–water partition coefficient (Wildman–Crippen LogP) is 3.22. The summed E-state index contributed by atoms with van der Waals surface area (Å²) in [6.45, 7) is 5.52. The molecule has 0 aliphatic carbocycles. The molecule has 0 saturated heterocycles. The average Bonchev–Trinajstić information content (AvgIpc) is 2.74. The fraction of sp³-hybridized carbons (Fsp3) is 0.391. The Morgan fingerprint density at radius 3 is 2.25 bits per heavy atom. The molecule has 0 saturated carbocycles. The van der Waals surface area contributed by atoms with E-state index in [1.54, 1.807) is 50.2 Å². The van der Waals surface area contributed by atoms with E-state index in [0.717, 1.165) is 28.1 Å². The van der Waals surface area contributed by atoms with E-state index in [9.17, 15) is 18.0 Å². The molecule has 0 aliphatic heterocycles. The zero-order valence-corrected chi connectivity index (χ0v) is 20.4. The number of carbonyl (C=O) groups is 2. The lowest BCUT2D eigenvalue weighted by Gasteiger charge is -2.31. The van der Waals surface area contributed by atoms with Crippen LogP contribution >= 0.6 is 11.6 Å². The lowest BCUT2D eigenvalue weighted by Crippen LogP contribution is -2.51. The Hall–Kier alpha value is -2.58. The molecule has 1 atom stereocenters. The maximum absolute atomic E-state index is 13.3. The van der Waals surface area contributed by atoms with Gasteiger partial charge in [0, 0.05) is 18.1 Å². The summed E-state index contributed by atoms with van der Waals surface area (Å²) in [5.41, 5.74) is 2.19. The van der Waals surface area contributed by atoms with E-state index in [2.05, 4.69) is 5.32 Å². The molecule has 0 fully saturated rings. The molecule has 7 nitrogen and oxygen atoms in total. The van der Waals surface area contributed by atoms with Crippen LogP contribution in [0.3, 0.4) is 0 Å². The number of hydrogen-bond acceptors (Lipinski definition) is 4. The van der Waals surface area contributed by atoms with Crippen molar-refractivity contribution in [3.05, 3.63) is 64.7 Å². The Morgan fingerprint density at radius 1 is 1.06 bits per heavy atom. The molecule has 1 N–H and O–H groups in total. The Morgan fingerprint density at radius 2 is 1.72 bits per heavy atom. The van der Waals surface area contributed by atoms with E-state index < -0.39 is 28.5 Å². The van der Waals surface area contributed by atoms with Crippen molar-refractivity contribution in [2.75, 3.05) is 23.7 Å². The van der Waals surface area contributed by atoms with Gasteiger partial charge in [-0.15, -0.1) is 0 Å². The fourth-order valence-corrected chi connectivity index (χ4v) is 4.31. The number of rotatable bonds is 10. The molecule has 174 valence electrons. The van der Waals surface area contributed by atoms with E-state index in [1.807, 2.05) is 19.1 Å². The van der Waals surface area contributed by atoms with Gasteiger partial charge in [-0.3, -0.25) is 13.9 Å². The molecule has 0 unspecified atom stereocenters. The van der Waals surface area contributed by atoms with E-state index in [-0.39, 0.29) is 12.5 Å². The van der Waals surface area contributed by atoms with Crippen molar-refractivity contribution in [3.63, 3.8) is 0 Å². The van der Waals surface area contributed by atoms with Crippen LogP contribution in [-0.4, -0.2) is 50.5 Å². The summed E-state index contributed by atoms with van der Waals surface area (Å²) >= 11 is 6.08. The maximum Gasteiger partial charge on any atom is 0.244 e. The van der Waals surface area contributed by atoms with Gasteiger partial charge in [0.2, 0.25) is 21.8 Å². The minimum atomic E-state index is -3.74. The second-order valence-electron chi connectivity index (χ2n) is 7.51. The number of benzene rings is 2. The predicted molar refractivity (Wildman–Crippen MR) is 128 cm³/mol. The Bertz CT molecular complexity index is 1040. The lowest BCUT2D eigenvalue weighted by molar-refractivity contribution is -0.139. The van der Waals surface area contributed by atoms with Crippen LogP contribution in [0.4, 0.5) is 5.69 Å². The molecular formula is C23H30ClN3O4S. The van der Waals surface area contributed by atoms with Gasteiger partial charge in [0.15, 0.2) is 0 Å². The zero-order valence-electron chi connectivity index (χ0n) is 18.8. The quantitative estimate of drug-likeness (QED) is 0.566. The molecule has 0 radical (unpaired) electrons. The second kappa shape index (κ2) is 11.3. The standard InChI is InChI=1S/C23H30ClN3O4S/c1-5-18-10-12-21(13-11-18)27(32(4,30)31)16-22(28)26(17(3)23(29)25-6-2)15-19-8-7-9-20(24)14-19/h7-14,17H,5-6,15-16H2,1-4H3,(H,25,29)/t17-/m1/s1. The molecule has 0 aliphatic rings. The minimum absolute atomic E-state index is 0.115. The number of halogens is 1. The molecule has 2 aromatic carbocycles. The third kappa shape index (κ3) is 6.97. The van der Waals surface area contributed by atoms with E-state index in [0.29, 0.717) is 17.3 Å². The third-order valence-corrected chi connectivity index (χ3v) is 6.45. The molecule has 0 spiro atoms. The van der Waals surface area contributed by atoms with Crippen LogP contribution in [0.5, 0.6) is 0 Å². The van der Waals surface area contributed by atoms with Gasteiger partial charge in [-0.1, -0.05) is 42.8 Å². The summed E-state index contributed by atoms with van der Waals surface area (Å²) < 4.78 is 26.1. The van der Waals surface area contributed by atoms with Crippen molar-refractivity contribution < 1.29 is 18.0 Å². The smallest absolute Gasteiger partial charge is 0.244 e. The summed E-state index contributed by atoms with van der Waals surface area (Å²) in [5, 5.41) is 3.22. The van der Waals surface area contributed by atoms with Gasteiger partial charge in [-0.05, 0) is 55.7 Å². The number of aryl methyl sites for hydroxylation is 1. The van der Waals surface area contributed by atoms with E-state index >= 15 is 0 Å². The van der Waals surface area contributed by atoms with Gasteiger partial charge in [0.05, 0.1) is 11.9 Å². The normalized spacial score (nSPS) is 12.2. The van der Waals surface area contributed by atoms with Gasteiger partial charge in [-0.25, -0.2) is 8.42 Å². The van der Waals surface area contributed by atoms with Gasteiger partial charge >= 0.3 is 0 Å². The molecule has 32 heavy (non-hydrogen) atoms. The molecule has 2 amide bonds. The Balaban J connectivity index is 2.37. The lowest BCUT2D eigenvalue weighted by atomic mass is 10.1. The number of nitrogens with zero attached hydrogens (tertiary/aromatic N) is 2. The van der Waals surface area contributed by atoms with Crippen LogP contribution in [0.2, 0.25) is 5.02 Å². The average molecular weight is 480 g/mol. The highest BCUT2D eigenvalue weighted by Crippen LogP contribution is 2.20. The molecule has 0 bridgehead atoms. The van der Waals surface area contributed by atoms with Crippen LogP contribution in [0, 0.1) is 0 Å². The molecule has 0 heterocycles. The Labute approximate surface area is 195 Å². The second-order valence-corrected chi connectivity index (χ2v) is 9.85. The van der Waals surface area contributed by atoms with Crippen LogP contribution in [-0.2, 0) is 32.6 Å². The van der Waals surface area contributed by atoms with Crippen LogP contribution in [0.25, 0.3) is 0 Å². The number of anilines is 1. The number of amides is 2. The Kier molecular flexibility index (Phi) is 9.09. The third-order valence-electron chi connectivity index (χ3n) is 5.07. The summed E-state index contributed by atoms with van der Waals surface area (Å²) in [5.74, 6) is -0.810. The number of sulfonamides is 1. The summed E-state index contributed by atoms with van der Waals surface area (Å²) in [6, 6.07) is 13.2. The summed E-state index contributed by atoms with van der Waals surface area (Å²) in [4.78, 5) is 27.2. The largest absolute Gasteiger partial charge is 0.355 e. The summed E-state index contributed by atoms with van der Waals surface area (Å²) in [6.07, 6.45) is 1.87. The van der Waals surface area contributed by atoms with Crippen molar-refractivity contribution in [1.82, 2.24) is 10.2 Å². The molecule has 2 rings (SSSR count). The SMILES string of the molecule is CCNC(=O)[C@@H](C)N(Cc1cccc(Cl)c1)C(=O)CN(c1ccc(CC)cc1)S(C)(=O)=O. The zero-order chi connectivity index (χ0) is 23.9. The van der Waals surface area contributed by atoms with Crippen molar-refractivity contribution in [2.24, 2.45) is 0 Å². The topological polar surface area (TPSA) is 86.8 Å². The van der Waals surface area contributed by atoms with Crippen molar-refractivity contribution in [3.8, 4) is 0 Å². The van der Waals surface area contributed by atoms with E-state index in [4.69, 9.17) is 11.6 Å². The monoisotopic (exact) mass is 479 g/mol. The number of nitrogens with one attached hydrogen (secondary N) is 1. The number of carbonyl (C=O) groups excluding carboxylic acids is 2.